The Morgan fingerprint density at radius 2 is 1.73 bits per heavy atom. The molecular weight excluding hydrogens is 274 g/mol. The molecule has 3 rings (SSSR count). The highest BCUT2D eigenvalue weighted by molar-refractivity contribution is 6.11. The second-order valence-corrected chi connectivity index (χ2v) is 4.86. The Balaban J connectivity index is 2.48. The van der Waals surface area contributed by atoms with Crippen LogP contribution in [-0.4, -0.2) is 13.1 Å². The summed E-state index contributed by atoms with van der Waals surface area (Å²) < 4.78 is 4.96. The SMILES string of the molecule is COC(=O)c1c(-c2ccccc2)c(C#N)cc2ccccc12. The lowest BCUT2D eigenvalue weighted by Crippen LogP contribution is -2.06. The van der Waals surface area contributed by atoms with Crippen molar-refractivity contribution in [1.82, 2.24) is 0 Å². The van der Waals surface area contributed by atoms with Gasteiger partial charge in [-0.1, -0.05) is 54.6 Å². The van der Waals surface area contributed by atoms with Crippen molar-refractivity contribution in [2.24, 2.45) is 0 Å². The predicted octanol–water partition coefficient (Wildman–Crippen LogP) is 4.17. The van der Waals surface area contributed by atoms with Crippen LogP contribution in [0.1, 0.15) is 15.9 Å². The number of nitrogens with zero attached hydrogens (tertiary/aromatic N) is 1. The standard InChI is InChI=1S/C19H13NO2/c1-22-19(21)18-16-10-6-5-9-14(16)11-15(12-20)17(18)13-7-3-2-4-8-13/h2-11H,1H3. The van der Waals surface area contributed by atoms with Gasteiger partial charge in [0.2, 0.25) is 0 Å². The summed E-state index contributed by atoms with van der Waals surface area (Å²) in [6.45, 7) is 0. The number of ether oxygens (including phenoxy) is 1. The zero-order valence-corrected chi connectivity index (χ0v) is 12.0. The van der Waals surface area contributed by atoms with Crippen LogP contribution in [0.5, 0.6) is 0 Å². The molecule has 106 valence electrons. The van der Waals surface area contributed by atoms with Crippen LogP contribution in [0, 0.1) is 11.3 Å². The molecule has 3 aromatic carbocycles. The summed E-state index contributed by atoms with van der Waals surface area (Å²) in [6, 6.07) is 20.9. The molecule has 0 amide bonds. The maximum absolute atomic E-state index is 12.4. The van der Waals surface area contributed by atoms with Gasteiger partial charge in [0, 0.05) is 5.56 Å². The van der Waals surface area contributed by atoms with Gasteiger partial charge in [0.05, 0.1) is 24.3 Å². The van der Waals surface area contributed by atoms with E-state index >= 15 is 0 Å². The first-order valence-corrected chi connectivity index (χ1v) is 6.86. The number of hydrogen-bond donors (Lipinski definition) is 0. The van der Waals surface area contributed by atoms with E-state index in [1.807, 2.05) is 60.7 Å². The minimum absolute atomic E-state index is 0.434. The summed E-state index contributed by atoms with van der Waals surface area (Å²) in [6.07, 6.45) is 0. The molecule has 3 heteroatoms. The van der Waals surface area contributed by atoms with Gasteiger partial charge in [-0.05, 0) is 22.4 Å². The van der Waals surface area contributed by atoms with Gasteiger partial charge in [0.15, 0.2) is 0 Å². The van der Waals surface area contributed by atoms with Crippen LogP contribution >= 0.6 is 0 Å². The van der Waals surface area contributed by atoms with Crippen molar-refractivity contribution >= 4 is 16.7 Å². The van der Waals surface area contributed by atoms with Crippen LogP contribution in [0.25, 0.3) is 21.9 Å². The lowest BCUT2D eigenvalue weighted by Gasteiger charge is -2.13. The van der Waals surface area contributed by atoms with Gasteiger partial charge in [-0.25, -0.2) is 4.79 Å². The Hall–Kier alpha value is -3.12. The first-order chi connectivity index (χ1) is 10.8. The topological polar surface area (TPSA) is 50.1 Å². The molecule has 0 unspecified atom stereocenters. The van der Waals surface area contributed by atoms with E-state index in [-0.39, 0.29) is 0 Å². The molecule has 0 spiro atoms. The minimum Gasteiger partial charge on any atom is -0.465 e. The van der Waals surface area contributed by atoms with Crippen LogP contribution < -0.4 is 0 Å². The number of rotatable bonds is 2. The Morgan fingerprint density at radius 3 is 2.41 bits per heavy atom. The quantitative estimate of drug-likeness (QED) is 0.665. The first kappa shape index (κ1) is 13.8. The van der Waals surface area contributed by atoms with Crippen molar-refractivity contribution in [3.8, 4) is 17.2 Å². The molecular formula is C19H13NO2. The smallest absolute Gasteiger partial charge is 0.339 e. The maximum Gasteiger partial charge on any atom is 0.339 e. The number of benzene rings is 3. The average Bonchev–Trinajstić information content (AvgIpc) is 2.60. The third kappa shape index (κ3) is 2.21. The second-order valence-electron chi connectivity index (χ2n) is 4.86. The molecule has 22 heavy (non-hydrogen) atoms. The number of methoxy groups -OCH3 is 1. The number of esters is 1. The highest BCUT2D eigenvalue weighted by atomic mass is 16.5. The third-order valence-corrected chi connectivity index (χ3v) is 3.62. The fourth-order valence-electron chi connectivity index (χ4n) is 2.65. The number of fused-ring (bicyclic) bond motifs is 1. The number of hydrogen-bond acceptors (Lipinski definition) is 3. The van der Waals surface area contributed by atoms with Crippen LogP contribution in [0.15, 0.2) is 60.7 Å². The van der Waals surface area contributed by atoms with Crippen LogP contribution in [0.3, 0.4) is 0 Å². The molecule has 0 aliphatic heterocycles. The Labute approximate surface area is 128 Å². The van der Waals surface area contributed by atoms with E-state index in [0.717, 1.165) is 16.3 Å². The van der Waals surface area contributed by atoms with Gasteiger partial charge in [0.25, 0.3) is 0 Å². The van der Waals surface area contributed by atoms with E-state index in [0.29, 0.717) is 16.7 Å². The summed E-state index contributed by atoms with van der Waals surface area (Å²) in [5.74, 6) is -0.438. The average molecular weight is 287 g/mol. The molecule has 0 bridgehead atoms. The van der Waals surface area contributed by atoms with E-state index in [1.54, 1.807) is 0 Å². The summed E-state index contributed by atoms with van der Waals surface area (Å²) >= 11 is 0. The van der Waals surface area contributed by atoms with E-state index in [2.05, 4.69) is 6.07 Å². The summed E-state index contributed by atoms with van der Waals surface area (Å²) in [5, 5.41) is 11.1. The Morgan fingerprint density at radius 1 is 1.05 bits per heavy atom. The monoisotopic (exact) mass is 287 g/mol. The van der Waals surface area contributed by atoms with Crippen molar-refractivity contribution < 1.29 is 9.53 Å². The van der Waals surface area contributed by atoms with Crippen LogP contribution in [0.4, 0.5) is 0 Å². The van der Waals surface area contributed by atoms with Crippen LogP contribution in [0.2, 0.25) is 0 Å². The number of carbonyl (C=O) groups excluding carboxylic acids is 1. The maximum atomic E-state index is 12.4. The molecule has 0 radical (unpaired) electrons. The summed E-state index contributed by atoms with van der Waals surface area (Å²) in [7, 11) is 1.35. The fraction of sp³-hybridized carbons (Fsp3) is 0.0526. The largest absolute Gasteiger partial charge is 0.465 e. The van der Waals surface area contributed by atoms with E-state index in [9.17, 15) is 10.1 Å². The van der Waals surface area contributed by atoms with Crippen molar-refractivity contribution in [2.45, 2.75) is 0 Å². The summed E-state index contributed by atoms with van der Waals surface area (Å²) in [5.41, 5.74) is 2.34. The normalized spacial score (nSPS) is 10.2. The molecule has 3 aromatic rings. The van der Waals surface area contributed by atoms with E-state index < -0.39 is 5.97 Å². The second kappa shape index (κ2) is 5.71. The molecule has 0 fully saturated rings. The molecule has 0 aliphatic rings. The van der Waals surface area contributed by atoms with E-state index in [1.165, 1.54) is 7.11 Å². The number of carbonyl (C=O) groups is 1. The van der Waals surface area contributed by atoms with Crippen molar-refractivity contribution in [3.63, 3.8) is 0 Å². The van der Waals surface area contributed by atoms with Crippen molar-refractivity contribution in [3.05, 3.63) is 71.8 Å². The lowest BCUT2D eigenvalue weighted by atomic mass is 9.90. The molecule has 0 saturated carbocycles. The van der Waals surface area contributed by atoms with E-state index in [4.69, 9.17) is 4.74 Å². The Kier molecular flexibility index (Phi) is 3.59. The van der Waals surface area contributed by atoms with Crippen molar-refractivity contribution in [1.29, 1.82) is 5.26 Å². The highest BCUT2D eigenvalue weighted by Crippen LogP contribution is 2.34. The zero-order valence-electron chi connectivity index (χ0n) is 12.0. The van der Waals surface area contributed by atoms with Gasteiger partial charge in [-0.3, -0.25) is 0 Å². The molecule has 3 nitrogen and oxygen atoms in total. The third-order valence-electron chi connectivity index (χ3n) is 3.62. The van der Waals surface area contributed by atoms with Gasteiger partial charge >= 0.3 is 5.97 Å². The molecule has 0 heterocycles. The van der Waals surface area contributed by atoms with Crippen molar-refractivity contribution in [2.75, 3.05) is 7.11 Å². The molecule has 0 aromatic heterocycles. The van der Waals surface area contributed by atoms with Gasteiger partial charge in [-0.2, -0.15) is 5.26 Å². The lowest BCUT2D eigenvalue weighted by molar-refractivity contribution is 0.0604. The van der Waals surface area contributed by atoms with Crippen LogP contribution in [-0.2, 0) is 4.74 Å². The Bertz CT molecular complexity index is 892. The zero-order chi connectivity index (χ0) is 15.5. The fourth-order valence-corrected chi connectivity index (χ4v) is 2.65. The molecule has 0 saturated heterocycles. The van der Waals surface area contributed by atoms with Gasteiger partial charge < -0.3 is 4.74 Å². The van der Waals surface area contributed by atoms with Gasteiger partial charge in [-0.15, -0.1) is 0 Å². The first-order valence-electron chi connectivity index (χ1n) is 6.86. The molecule has 0 N–H and O–H groups in total. The molecule has 0 atom stereocenters. The summed E-state index contributed by atoms with van der Waals surface area (Å²) in [4.78, 5) is 12.4. The highest BCUT2D eigenvalue weighted by Gasteiger charge is 2.21. The number of nitriles is 1. The van der Waals surface area contributed by atoms with Gasteiger partial charge in [0.1, 0.15) is 0 Å². The minimum atomic E-state index is -0.438. The molecule has 0 aliphatic carbocycles. The predicted molar refractivity (Wildman–Crippen MR) is 85.4 cm³/mol.